The van der Waals surface area contributed by atoms with Crippen LogP contribution in [0, 0.1) is 5.92 Å². The van der Waals surface area contributed by atoms with Gasteiger partial charge in [-0.15, -0.1) is 5.10 Å². The summed E-state index contributed by atoms with van der Waals surface area (Å²) < 4.78 is 7.76. The van der Waals surface area contributed by atoms with Gasteiger partial charge in [0.2, 0.25) is 5.91 Å². The lowest BCUT2D eigenvalue weighted by molar-refractivity contribution is -0.134. The Bertz CT molecular complexity index is 684. The third-order valence-corrected chi connectivity index (χ3v) is 4.91. The molecule has 1 aromatic heterocycles. The summed E-state index contributed by atoms with van der Waals surface area (Å²) in [7, 11) is 0. The number of imide groups is 1. The van der Waals surface area contributed by atoms with Gasteiger partial charge in [-0.1, -0.05) is 24.6 Å². The van der Waals surface area contributed by atoms with Crippen LogP contribution < -0.4 is 5.32 Å². The number of carbonyl (C=O) groups is 2. The molecule has 0 radical (unpaired) electrons. The van der Waals surface area contributed by atoms with E-state index in [1.54, 1.807) is 19.2 Å². The van der Waals surface area contributed by atoms with Crippen molar-refractivity contribution < 1.29 is 19.4 Å². The fraction of sp³-hybridized carbons (Fsp3) is 0.647. The molecule has 2 N–H and O–H groups in total. The molecule has 2 aliphatic rings. The topological polar surface area (TPSA) is 106 Å². The van der Waals surface area contributed by atoms with Crippen LogP contribution in [0.5, 0.6) is 0 Å². The van der Waals surface area contributed by atoms with Crippen LogP contribution in [0.2, 0.25) is 0 Å². The van der Waals surface area contributed by atoms with Gasteiger partial charge in [0.05, 0.1) is 36.6 Å². The molecular weight excluding hydrogens is 324 g/mol. The molecule has 0 bridgehead atoms. The van der Waals surface area contributed by atoms with Crippen molar-refractivity contribution in [1.82, 2.24) is 20.3 Å². The summed E-state index contributed by atoms with van der Waals surface area (Å²) in [4.78, 5) is 23.8. The lowest BCUT2D eigenvalue weighted by Gasteiger charge is -2.23. The quantitative estimate of drug-likeness (QED) is 0.727. The van der Waals surface area contributed by atoms with Crippen LogP contribution in [0.1, 0.15) is 44.8 Å². The summed E-state index contributed by atoms with van der Waals surface area (Å²) in [6, 6.07) is -0.177. The van der Waals surface area contributed by atoms with Crippen molar-refractivity contribution >= 4 is 11.8 Å². The molecule has 4 atom stereocenters. The molecule has 0 aromatic carbocycles. The summed E-state index contributed by atoms with van der Waals surface area (Å²) in [5.74, 6) is -1.27. The number of aliphatic hydroxyl groups excluding tert-OH is 1. The normalized spacial score (nSPS) is 29.6. The number of rotatable bonds is 6. The Hall–Kier alpha value is -2.06. The maximum absolute atomic E-state index is 12.2. The molecule has 0 saturated carbocycles. The molecule has 2 aliphatic heterocycles. The molecule has 0 spiro atoms. The minimum absolute atomic E-state index is 0.162. The second-order valence-electron chi connectivity index (χ2n) is 6.67. The van der Waals surface area contributed by atoms with Crippen LogP contribution in [0.4, 0.5) is 0 Å². The van der Waals surface area contributed by atoms with Crippen molar-refractivity contribution in [2.45, 2.75) is 57.8 Å². The van der Waals surface area contributed by atoms with Gasteiger partial charge in [0.1, 0.15) is 6.10 Å². The van der Waals surface area contributed by atoms with E-state index in [9.17, 15) is 14.7 Å². The summed E-state index contributed by atoms with van der Waals surface area (Å²) in [6.07, 6.45) is 6.03. The Balaban J connectivity index is 1.80. The van der Waals surface area contributed by atoms with E-state index in [1.165, 1.54) is 0 Å². The van der Waals surface area contributed by atoms with E-state index in [4.69, 9.17) is 4.74 Å². The average Bonchev–Trinajstić information content (AvgIpc) is 3.22. The molecule has 1 unspecified atom stereocenters. The van der Waals surface area contributed by atoms with Crippen molar-refractivity contribution in [3.8, 4) is 0 Å². The Kier molecular flexibility index (Phi) is 5.29. The first kappa shape index (κ1) is 17.8. The minimum Gasteiger partial charge on any atom is -0.394 e. The van der Waals surface area contributed by atoms with Gasteiger partial charge in [0.15, 0.2) is 0 Å². The van der Waals surface area contributed by atoms with E-state index in [0.29, 0.717) is 12.0 Å². The standard InChI is InChI=1S/C17H24N4O4/c1-3-4-5-11-8-18-20-21(11)13-7-14(25-15(13)9-22)12-6-10(2)16(23)19-17(12)24/h6,8,12-15,22H,3-5,7,9H2,1-2H3,(H,19,23,24)/t12?,13-,14+,15+/m0/s1. The second kappa shape index (κ2) is 7.45. The SMILES string of the molecule is CCCCc1cnnn1[C@H]1C[C@H](C2C=C(C)C(=O)NC2=O)O[C@@H]1CO. The molecule has 0 aliphatic carbocycles. The lowest BCUT2D eigenvalue weighted by atomic mass is 9.92. The molecule has 1 aromatic rings. The van der Waals surface area contributed by atoms with Crippen molar-refractivity contribution in [1.29, 1.82) is 0 Å². The monoisotopic (exact) mass is 348 g/mol. The minimum atomic E-state index is -0.542. The highest BCUT2D eigenvalue weighted by atomic mass is 16.5. The second-order valence-corrected chi connectivity index (χ2v) is 6.67. The summed E-state index contributed by atoms with van der Waals surface area (Å²) >= 11 is 0. The van der Waals surface area contributed by atoms with E-state index < -0.39 is 18.1 Å². The predicted molar refractivity (Wildman–Crippen MR) is 88.4 cm³/mol. The van der Waals surface area contributed by atoms with Gasteiger partial charge in [-0.25, -0.2) is 4.68 Å². The molecule has 2 amide bonds. The first-order valence-corrected chi connectivity index (χ1v) is 8.74. The average molecular weight is 348 g/mol. The van der Waals surface area contributed by atoms with Crippen molar-refractivity contribution in [2.24, 2.45) is 5.92 Å². The zero-order chi connectivity index (χ0) is 18.0. The van der Waals surface area contributed by atoms with Gasteiger partial charge < -0.3 is 9.84 Å². The van der Waals surface area contributed by atoms with E-state index in [-0.39, 0.29) is 24.5 Å². The van der Waals surface area contributed by atoms with E-state index >= 15 is 0 Å². The van der Waals surface area contributed by atoms with Crippen molar-refractivity contribution in [3.63, 3.8) is 0 Å². The van der Waals surface area contributed by atoms with Gasteiger partial charge in [-0.3, -0.25) is 14.9 Å². The van der Waals surface area contributed by atoms with Gasteiger partial charge >= 0.3 is 0 Å². The maximum Gasteiger partial charge on any atom is 0.253 e. The van der Waals surface area contributed by atoms with Gasteiger partial charge in [0, 0.05) is 5.57 Å². The number of hydrogen-bond donors (Lipinski definition) is 2. The number of unbranched alkanes of at least 4 members (excludes halogenated alkanes) is 1. The number of carbonyl (C=O) groups excluding carboxylic acids is 2. The van der Waals surface area contributed by atoms with Crippen LogP contribution in [0.25, 0.3) is 0 Å². The lowest BCUT2D eigenvalue weighted by Crippen LogP contribution is -2.44. The smallest absolute Gasteiger partial charge is 0.253 e. The summed E-state index contributed by atoms with van der Waals surface area (Å²) in [6.45, 7) is 3.63. The molecule has 8 nitrogen and oxygen atoms in total. The predicted octanol–water partition coefficient (Wildman–Crippen LogP) is 0.530. The Morgan fingerprint density at radius 1 is 1.44 bits per heavy atom. The van der Waals surface area contributed by atoms with Crippen molar-refractivity contribution in [2.75, 3.05) is 6.61 Å². The number of aryl methyl sites for hydroxylation is 1. The number of aromatic nitrogens is 3. The van der Waals surface area contributed by atoms with Crippen molar-refractivity contribution in [3.05, 3.63) is 23.5 Å². The van der Waals surface area contributed by atoms with Gasteiger partial charge in [0.25, 0.3) is 5.91 Å². The third-order valence-electron chi connectivity index (χ3n) is 4.91. The summed E-state index contributed by atoms with van der Waals surface area (Å²) in [5, 5.41) is 20.3. The molecule has 3 heterocycles. The number of hydrogen-bond acceptors (Lipinski definition) is 6. The molecule has 136 valence electrons. The number of amides is 2. The first-order chi connectivity index (χ1) is 12.0. The highest BCUT2D eigenvalue weighted by molar-refractivity contribution is 6.08. The van der Waals surface area contributed by atoms with E-state index in [2.05, 4.69) is 22.6 Å². The molecule has 3 rings (SSSR count). The first-order valence-electron chi connectivity index (χ1n) is 8.74. The number of aliphatic hydroxyl groups is 1. The van der Waals surface area contributed by atoms with Gasteiger partial charge in [-0.05, 0) is 26.2 Å². The molecule has 1 saturated heterocycles. The van der Waals surface area contributed by atoms with Crippen LogP contribution in [0.3, 0.4) is 0 Å². The maximum atomic E-state index is 12.2. The van der Waals surface area contributed by atoms with Crippen LogP contribution in [-0.2, 0) is 20.7 Å². The number of nitrogens with one attached hydrogen (secondary N) is 1. The summed E-state index contributed by atoms with van der Waals surface area (Å²) in [5.41, 5.74) is 1.51. The van der Waals surface area contributed by atoms with Crippen LogP contribution in [0.15, 0.2) is 17.8 Å². The fourth-order valence-electron chi connectivity index (χ4n) is 3.49. The zero-order valence-electron chi connectivity index (χ0n) is 14.5. The van der Waals surface area contributed by atoms with E-state index in [0.717, 1.165) is 25.0 Å². The highest BCUT2D eigenvalue weighted by Crippen LogP contribution is 2.36. The van der Waals surface area contributed by atoms with Crippen LogP contribution >= 0.6 is 0 Å². The third kappa shape index (κ3) is 3.50. The molecule has 25 heavy (non-hydrogen) atoms. The highest BCUT2D eigenvalue weighted by Gasteiger charge is 2.44. The number of nitrogens with zero attached hydrogens (tertiary/aromatic N) is 3. The largest absolute Gasteiger partial charge is 0.394 e. The Morgan fingerprint density at radius 2 is 2.24 bits per heavy atom. The van der Waals surface area contributed by atoms with Gasteiger partial charge in [-0.2, -0.15) is 0 Å². The van der Waals surface area contributed by atoms with Crippen LogP contribution in [-0.4, -0.2) is 50.7 Å². The molecule has 8 heteroatoms. The molecule has 1 fully saturated rings. The Morgan fingerprint density at radius 3 is 2.96 bits per heavy atom. The van der Waals surface area contributed by atoms with E-state index in [1.807, 2.05) is 4.68 Å². The number of ether oxygens (including phenoxy) is 1. The fourth-order valence-corrected chi connectivity index (χ4v) is 3.49. The molecular formula is C17H24N4O4. The zero-order valence-corrected chi connectivity index (χ0v) is 14.5. The Labute approximate surface area is 146 Å².